The number of nitrogens with one attached hydrogen (secondary N) is 1. The number of fused-ring (bicyclic) bond motifs is 1. The molecule has 3 N–H and O–H groups in total. The highest BCUT2D eigenvalue weighted by Crippen LogP contribution is 2.30. The van der Waals surface area contributed by atoms with Crippen molar-refractivity contribution in [3.05, 3.63) is 78.9 Å². The summed E-state index contributed by atoms with van der Waals surface area (Å²) in [6, 6.07) is 9.72. The number of carbonyl (C=O) groups is 2. The zero-order valence-corrected chi connectivity index (χ0v) is 20.3. The van der Waals surface area contributed by atoms with E-state index in [1.807, 2.05) is 35.2 Å². The van der Waals surface area contributed by atoms with Gasteiger partial charge >= 0.3 is 0 Å². The molecule has 0 saturated carbocycles. The summed E-state index contributed by atoms with van der Waals surface area (Å²) in [7, 11) is 0. The first-order valence-electron chi connectivity index (χ1n) is 11.8. The first-order valence-corrected chi connectivity index (χ1v) is 11.8. The fourth-order valence-corrected chi connectivity index (χ4v) is 4.40. The van der Waals surface area contributed by atoms with Crippen molar-refractivity contribution in [3.8, 4) is 11.3 Å². The first kappa shape index (κ1) is 24.7. The summed E-state index contributed by atoms with van der Waals surface area (Å²) in [5.41, 5.74) is 1.77. The maximum atomic E-state index is 14.8. The Balaban J connectivity index is 1.34. The topological polar surface area (TPSA) is 137 Å². The number of nitrogens with two attached hydrogens (primary N) is 1. The van der Waals surface area contributed by atoms with Crippen molar-refractivity contribution in [2.75, 3.05) is 36.1 Å². The number of hydrazine groups is 1. The molecule has 12 heteroatoms. The van der Waals surface area contributed by atoms with Crippen molar-refractivity contribution >= 4 is 40.9 Å². The summed E-state index contributed by atoms with van der Waals surface area (Å²) in [5.74, 6) is 4.52. The minimum atomic E-state index is -0.822. The molecule has 0 bridgehead atoms. The average molecular weight is 514 g/mol. The van der Waals surface area contributed by atoms with E-state index in [0.29, 0.717) is 32.0 Å². The lowest BCUT2D eigenvalue weighted by Gasteiger charge is -2.35. The van der Waals surface area contributed by atoms with E-state index in [4.69, 9.17) is 5.84 Å². The van der Waals surface area contributed by atoms with Gasteiger partial charge in [-0.05, 0) is 6.72 Å². The summed E-state index contributed by atoms with van der Waals surface area (Å²) in [6.07, 6.45) is 8.22. The number of carbonyl (C=O) groups excluding carboxylic acids is 2. The molecule has 4 heterocycles. The fraction of sp³-hybridized carbons (Fsp3) is 0.154. The van der Waals surface area contributed by atoms with Gasteiger partial charge < -0.3 is 14.8 Å². The minimum Gasteiger partial charge on any atom is -0.357 e. The number of aromatic nitrogens is 4. The number of anilines is 2. The van der Waals surface area contributed by atoms with Crippen molar-refractivity contribution in [2.45, 2.75) is 0 Å². The summed E-state index contributed by atoms with van der Waals surface area (Å²) >= 11 is 0. The molecule has 0 unspecified atom stereocenters. The number of aliphatic imine (C=N–C) groups is 1. The molecule has 0 spiro atoms. The van der Waals surface area contributed by atoms with Crippen LogP contribution < -0.4 is 15.8 Å². The molecule has 11 nitrogen and oxygen atoms in total. The van der Waals surface area contributed by atoms with Gasteiger partial charge in [-0.2, -0.15) is 0 Å². The molecule has 1 aromatic carbocycles. The highest BCUT2D eigenvalue weighted by atomic mass is 19.1. The minimum absolute atomic E-state index is 0.0607. The molecule has 38 heavy (non-hydrogen) atoms. The SMILES string of the molecule is C=N/C=C\N(N)c1ncc(F)c2c(C(=O)C(=O)N3CCN(c4nccnc4-c4ccccc4)CC3)c[nH]c12. The number of amides is 1. The number of pyridine rings is 1. The normalized spacial score (nSPS) is 13.7. The zero-order chi connectivity index (χ0) is 26.6. The van der Waals surface area contributed by atoms with E-state index in [1.165, 1.54) is 23.5 Å². The van der Waals surface area contributed by atoms with Crippen LogP contribution in [0.4, 0.5) is 16.0 Å². The van der Waals surface area contributed by atoms with Gasteiger partial charge in [-0.1, -0.05) is 30.3 Å². The molecular weight excluding hydrogens is 489 g/mol. The standard InChI is InChI=1S/C26H24FN9O2/c1-29-9-10-36(28)25-22-20(19(27)16-33-25)18(15-32-22)23(37)26(38)35-13-11-34(12-14-35)24-21(30-7-8-31-24)17-5-3-2-4-6-17/h2-10,15-16,32H,1,11-14,28H2/b10-9-. The number of hydrogen-bond acceptors (Lipinski definition) is 9. The number of halogens is 1. The monoisotopic (exact) mass is 513 g/mol. The van der Waals surface area contributed by atoms with Crippen LogP contribution in [-0.4, -0.2) is 69.4 Å². The van der Waals surface area contributed by atoms with Crippen LogP contribution in [0.2, 0.25) is 0 Å². The second kappa shape index (κ2) is 10.6. The molecule has 5 rings (SSSR count). The van der Waals surface area contributed by atoms with Crippen LogP contribution in [-0.2, 0) is 4.79 Å². The number of piperazine rings is 1. The van der Waals surface area contributed by atoms with Gasteiger partial charge in [0, 0.05) is 62.7 Å². The smallest absolute Gasteiger partial charge is 0.295 e. The van der Waals surface area contributed by atoms with Crippen molar-refractivity contribution in [1.29, 1.82) is 0 Å². The molecule has 0 atom stereocenters. The van der Waals surface area contributed by atoms with E-state index in [-0.39, 0.29) is 22.3 Å². The molecule has 1 fully saturated rings. The van der Waals surface area contributed by atoms with Crippen LogP contribution in [0.5, 0.6) is 0 Å². The van der Waals surface area contributed by atoms with Gasteiger partial charge in [0.2, 0.25) is 0 Å². The molecule has 192 valence electrons. The lowest BCUT2D eigenvalue weighted by molar-refractivity contribution is -0.126. The molecule has 4 aromatic rings. The predicted molar refractivity (Wildman–Crippen MR) is 142 cm³/mol. The number of hydrogen-bond donors (Lipinski definition) is 2. The third kappa shape index (κ3) is 4.60. The largest absolute Gasteiger partial charge is 0.357 e. The summed E-state index contributed by atoms with van der Waals surface area (Å²) in [6.45, 7) is 4.84. The van der Waals surface area contributed by atoms with Crippen molar-refractivity contribution in [1.82, 2.24) is 24.8 Å². The van der Waals surface area contributed by atoms with Gasteiger partial charge in [0.25, 0.3) is 11.7 Å². The van der Waals surface area contributed by atoms with Gasteiger partial charge in [0.15, 0.2) is 17.5 Å². The molecule has 1 aliphatic heterocycles. The van der Waals surface area contributed by atoms with Gasteiger partial charge in [-0.15, -0.1) is 0 Å². The molecule has 1 saturated heterocycles. The Morgan fingerprint density at radius 2 is 1.84 bits per heavy atom. The van der Waals surface area contributed by atoms with Crippen LogP contribution in [0.3, 0.4) is 0 Å². The summed E-state index contributed by atoms with van der Waals surface area (Å²) < 4.78 is 14.8. The molecule has 3 aromatic heterocycles. The van der Waals surface area contributed by atoms with Crippen LogP contribution in [0.1, 0.15) is 10.4 Å². The number of aromatic amines is 1. The number of ketones is 1. The van der Waals surface area contributed by atoms with E-state index in [1.54, 1.807) is 12.4 Å². The number of nitrogens with zero attached hydrogens (tertiary/aromatic N) is 7. The van der Waals surface area contributed by atoms with Crippen LogP contribution in [0, 0.1) is 5.82 Å². The fourth-order valence-electron chi connectivity index (χ4n) is 4.40. The predicted octanol–water partition coefficient (Wildman–Crippen LogP) is 2.54. The van der Waals surface area contributed by atoms with Crippen molar-refractivity contribution < 1.29 is 14.0 Å². The number of rotatable bonds is 7. The third-order valence-electron chi connectivity index (χ3n) is 6.25. The molecule has 0 radical (unpaired) electrons. The molecule has 1 amide bonds. The van der Waals surface area contributed by atoms with Gasteiger partial charge in [-0.25, -0.2) is 20.2 Å². The van der Waals surface area contributed by atoms with E-state index in [0.717, 1.165) is 22.5 Å². The second-order valence-corrected chi connectivity index (χ2v) is 8.47. The molecule has 0 aliphatic carbocycles. The number of Topliss-reactive ketones (excluding diaryl/α,β-unsaturated/α-hetero) is 1. The third-order valence-corrected chi connectivity index (χ3v) is 6.25. The van der Waals surface area contributed by atoms with Crippen molar-refractivity contribution in [2.24, 2.45) is 10.8 Å². The Bertz CT molecular complexity index is 1530. The average Bonchev–Trinajstić information content (AvgIpc) is 3.42. The van der Waals surface area contributed by atoms with E-state index in [2.05, 4.69) is 31.6 Å². The van der Waals surface area contributed by atoms with Crippen LogP contribution in [0.15, 0.2) is 72.5 Å². The van der Waals surface area contributed by atoms with Gasteiger partial charge in [0.05, 0.1) is 22.7 Å². The van der Waals surface area contributed by atoms with E-state index >= 15 is 0 Å². The highest BCUT2D eigenvalue weighted by molar-refractivity contribution is 6.45. The van der Waals surface area contributed by atoms with Crippen molar-refractivity contribution in [3.63, 3.8) is 0 Å². The van der Waals surface area contributed by atoms with Crippen LogP contribution in [0.25, 0.3) is 22.2 Å². The van der Waals surface area contributed by atoms with E-state index < -0.39 is 17.5 Å². The first-order chi connectivity index (χ1) is 18.5. The Morgan fingerprint density at radius 3 is 2.58 bits per heavy atom. The lowest BCUT2D eigenvalue weighted by Crippen LogP contribution is -2.51. The number of benzene rings is 1. The Morgan fingerprint density at radius 1 is 1.11 bits per heavy atom. The quantitative estimate of drug-likeness (QED) is 0.126. The van der Waals surface area contributed by atoms with Crippen LogP contribution >= 0.6 is 0 Å². The second-order valence-electron chi connectivity index (χ2n) is 8.47. The summed E-state index contributed by atoms with van der Waals surface area (Å²) in [4.78, 5) is 49.3. The maximum absolute atomic E-state index is 14.8. The van der Waals surface area contributed by atoms with Gasteiger partial charge in [0.1, 0.15) is 5.69 Å². The Hall–Kier alpha value is -4.97. The number of H-pyrrole nitrogens is 1. The lowest BCUT2D eigenvalue weighted by atomic mass is 10.1. The Labute approximate surface area is 217 Å². The highest BCUT2D eigenvalue weighted by Gasteiger charge is 2.31. The molecule has 1 aliphatic rings. The van der Waals surface area contributed by atoms with E-state index in [9.17, 15) is 14.0 Å². The maximum Gasteiger partial charge on any atom is 0.295 e. The zero-order valence-electron chi connectivity index (χ0n) is 20.3. The summed E-state index contributed by atoms with van der Waals surface area (Å²) in [5, 5.41) is 1.05. The molecular formula is C26H24FN9O2. The Kier molecular flexibility index (Phi) is 6.87. The van der Waals surface area contributed by atoms with Gasteiger partial charge in [-0.3, -0.25) is 24.6 Å².